The molecule has 25 heavy (non-hydrogen) atoms. The first-order valence-electron chi connectivity index (χ1n) is 8.20. The van der Waals surface area contributed by atoms with E-state index in [0.29, 0.717) is 28.0 Å². The quantitative estimate of drug-likeness (QED) is 0.539. The van der Waals surface area contributed by atoms with E-state index in [1.54, 1.807) is 36.4 Å². The Bertz CT molecular complexity index is 734. The number of unbranched alkanes of at least 4 members (excludes halogenated alkanes) is 2. The lowest BCUT2D eigenvalue weighted by atomic mass is 10.2. The second kappa shape index (κ2) is 9.84. The standard InChI is InChI=1S/C19H21BrN2O3/c1-2-3-8-13-25-17-12-7-5-10-15(17)19(24)22-21-18(23)14-9-4-6-11-16(14)20/h4-7,9-12H,2-3,8,13H2,1H3,(H,21,23)(H,22,24). The van der Waals surface area contributed by atoms with E-state index in [4.69, 9.17) is 4.74 Å². The maximum Gasteiger partial charge on any atom is 0.273 e. The van der Waals surface area contributed by atoms with Gasteiger partial charge >= 0.3 is 0 Å². The number of rotatable bonds is 7. The van der Waals surface area contributed by atoms with Gasteiger partial charge in [-0.2, -0.15) is 0 Å². The normalized spacial score (nSPS) is 10.2. The van der Waals surface area contributed by atoms with Crippen LogP contribution in [0.15, 0.2) is 53.0 Å². The van der Waals surface area contributed by atoms with E-state index < -0.39 is 11.8 Å². The number of hydrogen-bond acceptors (Lipinski definition) is 3. The molecular weight excluding hydrogens is 384 g/mol. The summed E-state index contributed by atoms with van der Waals surface area (Å²) in [6, 6.07) is 14.0. The van der Waals surface area contributed by atoms with E-state index in [1.807, 2.05) is 12.1 Å². The van der Waals surface area contributed by atoms with Crippen molar-refractivity contribution in [2.75, 3.05) is 6.61 Å². The summed E-state index contributed by atoms with van der Waals surface area (Å²) in [6.07, 6.45) is 3.12. The van der Waals surface area contributed by atoms with E-state index in [2.05, 4.69) is 33.7 Å². The van der Waals surface area contributed by atoms with Crippen LogP contribution in [0.3, 0.4) is 0 Å². The number of benzene rings is 2. The molecule has 2 aromatic rings. The van der Waals surface area contributed by atoms with Gasteiger partial charge in [0.25, 0.3) is 11.8 Å². The van der Waals surface area contributed by atoms with Crippen LogP contribution in [0.5, 0.6) is 5.75 Å². The third-order valence-corrected chi connectivity index (χ3v) is 4.24. The second-order valence-electron chi connectivity index (χ2n) is 5.44. The van der Waals surface area contributed by atoms with Crippen LogP contribution in [0.4, 0.5) is 0 Å². The zero-order valence-corrected chi connectivity index (χ0v) is 15.6. The highest BCUT2D eigenvalue weighted by Crippen LogP contribution is 2.18. The minimum absolute atomic E-state index is 0.381. The van der Waals surface area contributed by atoms with Crippen LogP contribution in [-0.4, -0.2) is 18.4 Å². The molecule has 0 spiro atoms. The van der Waals surface area contributed by atoms with Crippen LogP contribution in [0.2, 0.25) is 0 Å². The lowest BCUT2D eigenvalue weighted by Gasteiger charge is -2.12. The molecule has 2 N–H and O–H groups in total. The number of halogens is 1. The van der Waals surface area contributed by atoms with Crippen molar-refractivity contribution < 1.29 is 14.3 Å². The first-order chi connectivity index (χ1) is 12.1. The molecule has 0 aliphatic rings. The van der Waals surface area contributed by atoms with Crippen LogP contribution in [0, 0.1) is 0 Å². The van der Waals surface area contributed by atoms with Crippen molar-refractivity contribution in [3.05, 3.63) is 64.1 Å². The number of amides is 2. The van der Waals surface area contributed by atoms with E-state index in [9.17, 15) is 9.59 Å². The minimum Gasteiger partial charge on any atom is -0.493 e. The van der Waals surface area contributed by atoms with Crippen LogP contribution < -0.4 is 15.6 Å². The molecule has 2 rings (SSSR count). The van der Waals surface area contributed by atoms with Crippen molar-refractivity contribution in [1.29, 1.82) is 0 Å². The zero-order chi connectivity index (χ0) is 18.1. The third kappa shape index (κ3) is 5.60. The molecule has 5 nitrogen and oxygen atoms in total. The second-order valence-corrected chi connectivity index (χ2v) is 6.29. The Kier molecular flexibility index (Phi) is 7.47. The van der Waals surface area contributed by atoms with Crippen molar-refractivity contribution >= 4 is 27.7 Å². The van der Waals surface area contributed by atoms with Gasteiger partial charge in [0.05, 0.1) is 17.7 Å². The van der Waals surface area contributed by atoms with Gasteiger partial charge in [-0.3, -0.25) is 20.4 Å². The Morgan fingerprint density at radius 2 is 1.52 bits per heavy atom. The Morgan fingerprint density at radius 1 is 0.920 bits per heavy atom. The molecule has 0 atom stereocenters. The Balaban J connectivity index is 1.96. The Morgan fingerprint density at radius 3 is 2.20 bits per heavy atom. The molecule has 6 heteroatoms. The van der Waals surface area contributed by atoms with E-state index >= 15 is 0 Å². The van der Waals surface area contributed by atoms with Gasteiger partial charge in [-0.15, -0.1) is 0 Å². The summed E-state index contributed by atoms with van der Waals surface area (Å²) in [5.41, 5.74) is 5.66. The molecule has 0 heterocycles. The number of hydrazine groups is 1. The van der Waals surface area contributed by atoms with Crippen LogP contribution >= 0.6 is 15.9 Å². The lowest BCUT2D eigenvalue weighted by molar-refractivity contribution is 0.0844. The molecule has 2 amide bonds. The zero-order valence-electron chi connectivity index (χ0n) is 14.0. The topological polar surface area (TPSA) is 67.4 Å². The fourth-order valence-electron chi connectivity index (χ4n) is 2.21. The highest BCUT2D eigenvalue weighted by atomic mass is 79.9. The summed E-state index contributed by atoms with van der Waals surface area (Å²) in [6.45, 7) is 2.68. The fraction of sp³-hybridized carbons (Fsp3) is 0.263. The number of carbonyl (C=O) groups is 2. The van der Waals surface area contributed by atoms with Crippen molar-refractivity contribution in [3.8, 4) is 5.75 Å². The molecule has 0 saturated heterocycles. The van der Waals surface area contributed by atoms with Crippen molar-refractivity contribution in [2.24, 2.45) is 0 Å². The van der Waals surface area contributed by atoms with E-state index in [0.717, 1.165) is 19.3 Å². The largest absolute Gasteiger partial charge is 0.493 e. The van der Waals surface area contributed by atoms with Crippen molar-refractivity contribution in [1.82, 2.24) is 10.9 Å². The molecule has 0 saturated carbocycles. The van der Waals surface area contributed by atoms with Crippen LogP contribution in [-0.2, 0) is 0 Å². The summed E-state index contributed by atoms with van der Waals surface area (Å²) < 4.78 is 6.34. The Labute approximate surface area is 155 Å². The molecule has 0 aliphatic heterocycles. The molecular formula is C19H21BrN2O3. The highest BCUT2D eigenvalue weighted by Gasteiger charge is 2.14. The first-order valence-corrected chi connectivity index (χ1v) is 8.99. The van der Waals surface area contributed by atoms with Gasteiger partial charge in [0.2, 0.25) is 0 Å². The van der Waals surface area contributed by atoms with Crippen molar-refractivity contribution in [2.45, 2.75) is 26.2 Å². The molecule has 0 aromatic heterocycles. The Hall–Kier alpha value is -2.34. The summed E-state index contributed by atoms with van der Waals surface area (Å²) in [5, 5.41) is 0. The first kappa shape index (κ1) is 19.0. The van der Waals surface area contributed by atoms with Crippen molar-refractivity contribution in [3.63, 3.8) is 0 Å². The average molecular weight is 405 g/mol. The van der Waals surface area contributed by atoms with Gasteiger partial charge in [-0.05, 0) is 46.6 Å². The number of carbonyl (C=O) groups excluding carboxylic acids is 2. The molecule has 0 bridgehead atoms. The van der Waals surface area contributed by atoms with Gasteiger partial charge in [-0.25, -0.2) is 0 Å². The van der Waals surface area contributed by atoms with E-state index in [-0.39, 0.29) is 0 Å². The maximum atomic E-state index is 12.4. The van der Waals surface area contributed by atoms with Crippen LogP contribution in [0.25, 0.3) is 0 Å². The number of nitrogens with one attached hydrogen (secondary N) is 2. The number of para-hydroxylation sites is 1. The molecule has 0 radical (unpaired) electrons. The van der Waals surface area contributed by atoms with Gasteiger partial charge in [0.1, 0.15) is 5.75 Å². The summed E-state index contributed by atoms with van der Waals surface area (Å²) in [7, 11) is 0. The van der Waals surface area contributed by atoms with Gasteiger partial charge in [-0.1, -0.05) is 44.0 Å². The molecule has 2 aromatic carbocycles. The summed E-state index contributed by atoms with van der Waals surface area (Å²) in [5.74, 6) is -0.320. The molecule has 0 aliphatic carbocycles. The van der Waals surface area contributed by atoms with Gasteiger partial charge in [0, 0.05) is 4.47 Å². The number of ether oxygens (including phenoxy) is 1. The summed E-state index contributed by atoms with van der Waals surface area (Å²) in [4.78, 5) is 24.5. The van der Waals surface area contributed by atoms with Crippen LogP contribution in [0.1, 0.15) is 46.9 Å². The molecule has 132 valence electrons. The van der Waals surface area contributed by atoms with E-state index in [1.165, 1.54) is 0 Å². The fourth-order valence-corrected chi connectivity index (χ4v) is 2.67. The maximum absolute atomic E-state index is 12.4. The SMILES string of the molecule is CCCCCOc1ccccc1C(=O)NNC(=O)c1ccccc1Br. The monoisotopic (exact) mass is 404 g/mol. The predicted molar refractivity (Wildman–Crippen MR) is 101 cm³/mol. The minimum atomic E-state index is -0.425. The molecule has 0 fully saturated rings. The molecule has 0 unspecified atom stereocenters. The average Bonchev–Trinajstić information content (AvgIpc) is 2.64. The third-order valence-electron chi connectivity index (χ3n) is 3.55. The smallest absolute Gasteiger partial charge is 0.273 e. The summed E-state index contributed by atoms with van der Waals surface area (Å²) >= 11 is 3.31. The predicted octanol–water partition coefficient (Wildman–Crippen LogP) is 4.09. The van der Waals surface area contributed by atoms with Gasteiger partial charge in [0.15, 0.2) is 0 Å². The highest BCUT2D eigenvalue weighted by molar-refractivity contribution is 9.10. The number of hydrogen-bond donors (Lipinski definition) is 2. The lowest BCUT2D eigenvalue weighted by Crippen LogP contribution is -2.41. The van der Waals surface area contributed by atoms with Gasteiger partial charge < -0.3 is 4.74 Å².